The molecule has 38 heavy (non-hydrogen) atoms. The monoisotopic (exact) mass is 516 g/mol. The first-order chi connectivity index (χ1) is 18.0. The van der Waals surface area contributed by atoms with Crippen LogP contribution in [-0.2, 0) is 24.5 Å². The molecule has 3 aromatic carbocycles. The molecule has 0 radical (unpaired) electrons. The van der Waals surface area contributed by atoms with Crippen molar-refractivity contribution in [2.45, 2.75) is 59.3 Å². The predicted octanol–water partition coefficient (Wildman–Crippen LogP) is 6.68. The molecule has 0 fully saturated rings. The summed E-state index contributed by atoms with van der Waals surface area (Å²) in [6.07, 6.45) is 0.517. The molecular formula is C31H36N2O5. The molecule has 0 spiro atoms. The minimum Gasteiger partial charge on any atom is -0.457 e. The number of carbonyl (C=O) groups is 3. The van der Waals surface area contributed by atoms with Gasteiger partial charge < -0.3 is 20.1 Å². The number of amides is 2. The number of benzene rings is 3. The van der Waals surface area contributed by atoms with Crippen LogP contribution in [0.15, 0.2) is 66.7 Å². The van der Waals surface area contributed by atoms with E-state index >= 15 is 0 Å². The average Bonchev–Trinajstić information content (AvgIpc) is 2.86. The van der Waals surface area contributed by atoms with Gasteiger partial charge in [-0.3, -0.25) is 14.4 Å². The molecule has 7 heteroatoms. The number of anilines is 2. The summed E-state index contributed by atoms with van der Waals surface area (Å²) in [6.45, 7) is 10.1. The van der Waals surface area contributed by atoms with Crippen LogP contribution in [0.5, 0.6) is 11.5 Å². The van der Waals surface area contributed by atoms with Crippen LogP contribution < -0.4 is 15.4 Å². The molecule has 3 rings (SSSR count). The van der Waals surface area contributed by atoms with Crippen molar-refractivity contribution < 1.29 is 23.9 Å². The highest BCUT2D eigenvalue weighted by atomic mass is 16.5. The molecule has 0 unspecified atom stereocenters. The third-order valence-corrected chi connectivity index (χ3v) is 6.03. The molecule has 0 aliphatic rings. The van der Waals surface area contributed by atoms with E-state index in [2.05, 4.69) is 43.5 Å². The first kappa shape index (κ1) is 28.4. The van der Waals surface area contributed by atoms with Crippen molar-refractivity contribution in [3.05, 3.63) is 83.4 Å². The number of ether oxygens (including phenoxy) is 2. The van der Waals surface area contributed by atoms with Gasteiger partial charge in [0.05, 0.1) is 0 Å². The molecule has 2 N–H and O–H groups in total. The summed E-state index contributed by atoms with van der Waals surface area (Å²) >= 11 is 0. The largest absolute Gasteiger partial charge is 0.457 e. The molecule has 0 atom stereocenters. The van der Waals surface area contributed by atoms with Crippen LogP contribution in [0.25, 0.3) is 0 Å². The Morgan fingerprint density at radius 1 is 0.711 bits per heavy atom. The van der Waals surface area contributed by atoms with Crippen molar-refractivity contribution >= 4 is 29.2 Å². The molecular weight excluding hydrogens is 480 g/mol. The lowest BCUT2D eigenvalue weighted by Gasteiger charge is -2.19. The third-order valence-electron chi connectivity index (χ3n) is 6.03. The number of carbonyl (C=O) groups excluding carboxylic acids is 3. The molecule has 200 valence electrons. The van der Waals surface area contributed by atoms with E-state index in [0.717, 1.165) is 16.9 Å². The molecule has 0 saturated carbocycles. The van der Waals surface area contributed by atoms with Gasteiger partial charge in [0.2, 0.25) is 5.91 Å². The second-order valence-corrected chi connectivity index (χ2v) is 10.3. The molecule has 2 amide bonds. The quantitative estimate of drug-likeness (QED) is 0.293. The summed E-state index contributed by atoms with van der Waals surface area (Å²) < 4.78 is 10.9. The Morgan fingerprint density at radius 2 is 1.29 bits per heavy atom. The van der Waals surface area contributed by atoms with E-state index in [1.165, 1.54) is 5.56 Å². The normalized spacial score (nSPS) is 11.0. The number of aryl methyl sites for hydroxylation is 2. The van der Waals surface area contributed by atoms with E-state index in [1.54, 1.807) is 30.3 Å². The van der Waals surface area contributed by atoms with Gasteiger partial charge in [-0.2, -0.15) is 0 Å². The standard InChI is InChI=1S/C31H36N2O5/c1-21-9-12-25(19-22(21)2)33-29(35)20-37-30(36)8-6-7-28(34)32-24-13-17-27(18-14-24)38-26-15-10-23(11-16-26)31(3,4)5/h9-19H,6-8,20H2,1-5H3,(H,32,34)(H,33,35). The van der Waals surface area contributed by atoms with E-state index in [9.17, 15) is 14.4 Å². The predicted molar refractivity (Wildman–Crippen MR) is 150 cm³/mol. The summed E-state index contributed by atoms with van der Waals surface area (Å²) in [5.41, 5.74) is 4.79. The van der Waals surface area contributed by atoms with Crippen LogP contribution in [-0.4, -0.2) is 24.4 Å². The van der Waals surface area contributed by atoms with Gasteiger partial charge in [0, 0.05) is 24.2 Å². The van der Waals surface area contributed by atoms with Crippen molar-refractivity contribution in [3.63, 3.8) is 0 Å². The molecule has 0 aromatic heterocycles. The highest BCUT2D eigenvalue weighted by Crippen LogP contribution is 2.27. The third kappa shape index (κ3) is 9.07. The fourth-order valence-electron chi connectivity index (χ4n) is 3.62. The highest BCUT2D eigenvalue weighted by Gasteiger charge is 2.13. The Bertz CT molecular complexity index is 1260. The highest BCUT2D eigenvalue weighted by molar-refractivity contribution is 5.93. The van der Waals surface area contributed by atoms with Crippen molar-refractivity contribution in [1.82, 2.24) is 0 Å². The minimum absolute atomic E-state index is 0.0467. The molecule has 0 saturated heterocycles. The Morgan fingerprint density at radius 3 is 1.89 bits per heavy atom. The van der Waals surface area contributed by atoms with Crippen molar-refractivity contribution in [2.24, 2.45) is 0 Å². The fourth-order valence-corrected chi connectivity index (χ4v) is 3.62. The Labute approximate surface area is 224 Å². The molecule has 0 aliphatic carbocycles. The zero-order valence-corrected chi connectivity index (χ0v) is 22.7. The van der Waals surface area contributed by atoms with Crippen LogP contribution in [0.3, 0.4) is 0 Å². The Balaban J connectivity index is 1.34. The van der Waals surface area contributed by atoms with Crippen LogP contribution in [0.1, 0.15) is 56.7 Å². The number of hydrogen-bond donors (Lipinski definition) is 2. The van der Waals surface area contributed by atoms with E-state index in [0.29, 0.717) is 23.5 Å². The van der Waals surface area contributed by atoms with Crippen molar-refractivity contribution in [1.29, 1.82) is 0 Å². The van der Waals surface area contributed by atoms with E-state index in [1.807, 2.05) is 38.1 Å². The summed E-state index contributed by atoms with van der Waals surface area (Å²) in [6, 6.07) is 20.7. The molecule has 3 aromatic rings. The zero-order chi connectivity index (χ0) is 27.7. The maximum atomic E-state index is 12.2. The second kappa shape index (κ2) is 12.9. The summed E-state index contributed by atoms with van der Waals surface area (Å²) in [7, 11) is 0. The van der Waals surface area contributed by atoms with Gasteiger partial charge in [0.15, 0.2) is 6.61 Å². The van der Waals surface area contributed by atoms with Gasteiger partial charge in [-0.05, 0) is 90.9 Å². The maximum absolute atomic E-state index is 12.2. The topological polar surface area (TPSA) is 93.7 Å². The molecule has 0 heterocycles. The van der Waals surface area contributed by atoms with Gasteiger partial charge in [-0.25, -0.2) is 0 Å². The molecule has 7 nitrogen and oxygen atoms in total. The van der Waals surface area contributed by atoms with Gasteiger partial charge in [-0.1, -0.05) is 39.0 Å². The number of rotatable bonds is 10. The Hall–Kier alpha value is -4.13. The van der Waals surface area contributed by atoms with Gasteiger partial charge in [-0.15, -0.1) is 0 Å². The lowest BCUT2D eigenvalue weighted by atomic mass is 9.87. The van der Waals surface area contributed by atoms with Crippen molar-refractivity contribution in [2.75, 3.05) is 17.2 Å². The second-order valence-electron chi connectivity index (χ2n) is 10.3. The SMILES string of the molecule is Cc1ccc(NC(=O)COC(=O)CCCC(=O)Nc2ccc(Oc3ccc(C(C)(C)C)cc3)cc2)cc1C. The lowest BCUT2D eigenvalue weighted by molar-refractivity contribution is -0.147. The summed E-state index contributed by atoms with van der Waals surface area (Å²) in [5, 5.41) is 5.51. The summed E-state index contributed by atoms with van der Waals surface area (Å²) in [4.78, 5) is 36.2. The van der Waals surface area contributed by atoms with Crippen LogP contribution in [0.4, 0.5) is 11.4 Å². The number of hydrogen-bond acceptors (Lipinski definition) is 5. The van der Waals surface area contributed by atoms with Gasteiger partial charge in [0.1, 0.15) is 11.5 Å². The van der Waals surface area contributed by atoms with Gasteiger partial charge in [0.25, 0.3) is 5.91 Å². The smallest absolute Gasteiger partial charge is 0.306 e. The van der Waals surface area contributed by atoms with Crippen LogP contribution in [0.2, 0.25) is 0 Å². The molecule has 0 aliphatic heterocycles. The van der Waals surface area contributed by atoms with E-state index in [4.69, 9.17) is 9.47 Å². The lowest BCUT2D eigenvalue weighted by Crippen LogP contribution is -2.21. The average molecular weight is 517 g/mol. The van der Waals surface area contributed by atoms with E-state index < -0.39 is 11.9 Å². The van der Waals surface area contributed by atoms with Crippen LogP contribution >= 0.6 is 0 Å². The minimum atomic E-state index is -0.523. The van der Waals surface area contributed by atoms with E-state index in [-0.39, 0.29) is 30.8 Å². The first-order valence-electron chi connectivity index (χ1n) is 12.7. The maximum Gasteiger partial charge on any atom is 0.306 e. The first-order valence-corrected chi connectivity index (χ1v) is 12.7. The summed E-state index contributed by atoms with van der Waals surface area (Å²) in [5.74, 6) is 0.260. The molecule has 0 bridgehead atoms. The van der Waals surface area contributed by atoms with Crippen molar-refractivity contribution in [3.8, 4) is 11.5 Å². The zero-order valence-electron chi connectivity index (χ0n) is 22.7. The fraction of sp³-hybridized carbons (Fsp3) is 0.323. The Kier molecular flexibility index (Phi) is 9.66. The van der Waals surface area contributed by atoms with Gasteiger partial charge >= 0.3 is 5.97 Å². The number of nitrogens with one attached hydrogen (secondary N) is 2. The van der Waals surface area contributed by atoms with Crippen LogP contribution in [0, 0.1) is 13.8 Å². The number of esters is 1.